The van der Waals surface area contributed by atoms with Crippen LogP contribution >= 0.6 is 0 Å². The second kappa shape index (κ2) is 9.24. The van der Waals surface area contributed by atoms with Crippen molar-refractivity contribution in [2.75, 3.05) is 36.9 Å². The van der Waals surface area contributed by atoms with Gasteiger partial charge in [-0.05, 0) is 45.2 Å². The number of nitrogens with one attached hydrogen (secondary N) is 1. The van der Waals surface area contributed by atoms with Gasteiger partial charge in [0.1, 0.15) is 34.3 Å². The Morgan fingerprint density at radius 1 is 1.14 bits per heavy atom. The monoisotopic (exact) mass is 592 g/mol. The number of nitrogens with zero attached hydrogens (tertiary/aromatic N) is 4. The van der Waals surface area contributed by atoms with E-state index >= 15 is 4.39 Å². The van der Waals surface area contributed by atoms with Crippen molar-refractivity contribution in [1.82, 2.24) is 20.3 Å². The molecule has 6 heterocycles. The van der Waals surface area contributed by atoms with Crippen LogP contribution in [0.25, 0.3) is 22.2 Å². The first kappa shape index (κ1) is 27.3. The Kier molecular flexibility index (Phi) is 6.01. The number of pyridine rings is 1. The average Bonchev–Trinajstić information content (AvgIpc) is 3.49. The predicted molar refractivity (Wildman–Crippen MR) is 142 cm³/mol. The Morgan fingerprint density at radius 3 is 2.60 bits per heavy atom. The van der Waals surface area contributed by atoms with Crippen molar-refractivity contribution in [3.63, 3.8) is 0 Å². The molecule has 2 aromatic heterocycles. The van der Waals surface area contributed by atoms with Crippen LogP contribution in [0.2, 0.25) is 0 Å². The smallest absolute Gasteiger partial charge is 0.417 e. The highest BCUT2D eigenvalue weighted by Crippen LogP contribution is 2.50. The third-order valence-electron chi connectivity index (χ3n) is 8.94. The average molecular weight is 593 g/mol. The number of ether oxygens (including phenoxy) is 3. The Hall–Kier alpha value is -3.52. The van der Waals surface area contributed by atoms with Crippen LogP contribution < -0.4 is 25.4 Å². The van der Waals surface area contributed by atoms with E-state index in [0.717, 1.165) is 25.8 Å². The van der Waals surface area contributed by atoms with E-state index in [0.29, 0.717) is 25.5 Å². The maximum atomic E-state index is 16.5. The van der Waals surface area contributed by atoms with Gasteiger partial charge >= 0.3 is 12.2 Å². The van der Waals surface area contributed by atoms with Crippen molar-refractivity contribution in [2.24, 2.45) is 5.41 Å². The van der Waals surface area contributed by atoms with Crippen molar-refractivity contribution < 1.29 is 36.2 Å². The molecule has 1 saturated carbocycles. The molecule has 3 aromatic rings. The van der Waals surface area contributed by atoms with Crippen LogP contribution in [-0.2, 0) is 10.9 Å². The molecule has 0 spiro atoms. The van der Waals surface area contributed by atoms with Crippen LogP contribution in [0.15, 0.2) is 6.07 Å². The standard InChI is InChI=1S/C28H29F5N6O3/c1-11-7-35-8-17-13(3)42-25-18-23(37-26(38-24(18)39(11)17)41-10-27-5-14(6-27)40-9-27)21(30)22(36-25)15-4-16(34)20(29)12(2)19(15)28(31,32)33/h4,11,13-14,17,35H,5-10,34H2,1-3H3. The number of aromatic nitrogens is 3. The zero-order chi connectivity index (χ0) is 29.7. The number of nitrogens with two attached hydrogens (primary N) is 1. The number of fused-ring (bicyclic) bond motifs is 3. The van der Waals surface area contributed by atoms with Crippen LogP contribution in [0.1, 0.15) is 37.8 Å². The third-order valence-corrected chi connectivity index (χ3v) is 8.94. The molecule has 2 bridgehead atoms. The van der Waals surface area contributed by atoms with Crippen molar-refractivity contribution >= 4 is 22.4 Å². The molecule has 1 aliphatic carbocycles. The lowest BCUT2D eigenvalue weighted by atomic mass is 9.71. The first-order valence-corrected chi connectivity index (χ1v) is 13.8. The molecule has 8 rings (SSSR count). The number of rotatable bonds is 4. The molecular formula is C28H29F5N6O3. The zero-order valence-electron chi connectivity index (χ0n) is 23.1. The van der Waals surface area contributed by atoms with E-state index in [1.165, 1.54) is 0 Å². The molecule has 5 aliphatic rings. The second-order valence-electron chi connectivity index (χ2n) is 11.9. The molecule has 14 heteroatoms. The van der Waals surface area contributed by atoms with Gasteiger partial charge in [-0.3, -0.25) is 0 Å². The Balaban J connectivity index is 1.47. The molecule has 9 nitrogen and oxygen atoms in total. The van der Waals surface area contributed by atoms with E-state index in [4.69, 9.17) is 24.9 Å². The Bertz CT molecular complexity index is 1610. The molecule has 3 saturated heterocycles. The summed E-state index contributed by atoms with van der Waals surface area (Å²) in [6.07, 6.45) is -3.66. The van der Waals surface area contributed by atoms with Crippen LogP contribution in [0.4, 0.5) is 33.5 Å². The molecule has 224 valence electrons. The van der Waals surface area contributed by atoms with Gasteiger partial charge in [0.25, 0.3) is 0 Å². The number of alkyl halides is 3. The van der Waals surface area contributed by atoms with E-state index in [-0.39, 0.29) is 53.0 Å². The minimum Gasteiger partial charge on any atom is -0.472 e. The summed E-state index contributed by atoms with van der Waals surface area (Å²) in [5.41, 5.74) is 1.11. The number of hydrogen-bond acceptors (Lipinski definition) is 9. The summed E-state index contributed by atoms with van der Waals surface area (Å²) < 4.78 is 91.8. The molecule has 4 aliphatic heterocycles. The summed E-state index contributed by atoms with van der Waals surface area (Å²) >= 11 is 0. The molecule has 3 atom stereocenters. The molecule has 3 unspecified atom stereocenters. The molecule has 42 heavy (non-hydrogen) atoms. The van der Waals surface area contributed by atoms with Gasteiger partial charge in [-0.15, -0.1) is 0 Å². The van der Waals surface area contributed by atoms with E-state index in [1.807, 2.05) is 11.8 Å². The van der Waals surface area contributed by atoms with E-state index in [9.17, 15) is 17.6 Å². The lowest BCUT2D eigenvalue weighted by Crippen LogP contribution is -2.61. The Morgan fingerprint density at radius 2 is 1.90 bits per heavy atom. The van der Waals surface area contributed by atoms with Gasteiger partial charge in [0.05, 0.1) is 36.6 Å². The fourth-order valence-corrected chi connectivity index (χ4v) is 6.78. The van der Waals surface area contributed by atoms with E-state index in [1.54, 1.807) is 6.92 Å². The van der Waals surface area contributed by atoms with Gasteiger partial charge in [-0.2, -0.15) is 23.1 Å². The van der Waals surface area contributed by atoms with Gasteiger partial charge in [0, 0.05) is 30.1 Å². The van der Waals surface area contributed by atoms with Crippen LogP contribution in [0.5, 0.6) is 11.9 Å². The summed E-state index contributed by atoms with van der Waals surface area (Å²) in [6.45, 7) is 6.65. The van der Waals surface area contributed by atoms with Crippen LogP contribution in [0.3, 0.4) is 0 Å². The third kappa shape index (κ3) is 4.05. The summed E-state index contributed by atoms with van der Waals surface area (Å²) in [4.78, 5) is 15.3. The fourth-order valence-electron chi connectivity index (χ4n) is 6.78. The Labute approximate surface area is 237 Å². The molecule has 3 N–H and O–H groups in total. The maximum absolute atomic E-state index is 16.5. The lowest BCUT2D eigenvalue weighted by Gasteiger charge is -2.42. The molecule has 0 amide bonds. The lowest BCUT2D eigenvalue weighted by molar-refractivity contribution is -0.137. The van der Waals surface area contributed by atoms with Crippen molar-refractivity contribution in [3.8, 4) is 23.1 Å². The first-order chi connectivity index (χ1) is 19.9. The second-order valence-corrected chi connectivity index (χ2v) is 11.9. The van der Waals surface area contributed by atoms with Gasteiger partial charge in [0.2, 0.25) is 5.88 Å². The maximum Gasteiger partial charge on any atom is 0.417 e. The van der Waals surface area contributed by atoms with Gasteiger partial charge < -0.3 is 30.2 Å². The van der Waals surface area contributed by atoms with Crippen molar-refractivity contribution in [3.05, 3.63) is 28.8 Å². The topological polar surface area (TPSA) is 108 Å². The minimum absolute atomic E-state index is 0.0972. The number of nitrogen functional groups attached to an aromatic ring is 1. The molecule has 1 aromatic carbocycles. The fraction of sp³-hybridized carbons (Fsp3) is 0.536. The van der Waals surface area contributed by atoms with Crippen molar-refractivity contribution in [1.29, 1.82) is 0 Å². The van der Waals surface area contributed by atoms with E-state index in [2.05, 4.69) is 15.3 Å². The molecule has 4 fully saturated rings. The largest absolute Gasteiger partial charge is 0.472 e. The number of piperazine rings is 1. The summed E-state index contributed by atoms with van der Waals surface area (Å²) in [6, 6.07) is 0.272. The van der Waals surface area contributed by atoms with Gasteiger partial charge in [0.15, 0.2) is 5.82 Å². The SMILES string of the molecule is Cc1c(F)c(N)cc(-c2nc3c4c(nc(OCC56COC(C5)C6)nc4c2F)N2C(C)CNCC2C(C)O3)c1C(F)(F)F. The van der Waals surface area contributed by atoms with Crippen LogP contribution in [0, 0.1) is 24.0 Å². The van der Waals surface area contributed by atoms with Gasteiger partial charge in [-0.25, -0.2) is 13.8 Å². The molecule has 0 radical (unpaired) electrons. The number of benzene rings is 1. The first-order valence-electron chi connectivity index (χ1n) is 13.8. The summed E-state index contributed by atoms with van der Waals surface area (Å²) in [7, 11) is 0. The quantitative estimate of drug-likeness (QED) is 0.337. The van der Waals surface area contributed by atoms with Gasteiger partial charge in [-0.1, -0.05) is 0 Å². The number of halogens is 5. The predicted octanol–water partition coefficient (Wildman–Crippen LogP) is 4.38. The normalized spacial score (nSPS) is 28.2. The summed E-state index contributed by atoms with van der Waals surface area (Å²) in [5.74, 6) is -2.19. The van der Waals surface area contributed by atoms with E-state index < -0.39 is 52.0 Å². The summed E-state index contributed by atoms with van der Waals surface area (Å²) in [5, 5.41) is 3.47. The highest BCUT2D eigenvalue weighted by atomic mass is 19.4. The minimum atomic E-state index is -5.03. The van der Waals surface area contributed by atoms with Crippen LogP contribution in [-0.4, -0.2) is 65.5 Å². The number of anilines is 2. The number of hydrogen-bond donors (Lipinski definition) is 2. The van der Waals surface area contributed by atoms with Crippen molar-refractivity contribution in [2.45, 2.75) is 64.1 Å². The highest BCUT2D eigenvalue weighted by Gasteiger charge is 2.52. The highest BCUT2D eigenvalue weighted by molar-refractivity contribution is 5.97. The zero-order valence-corrected chi connectivity index (χ0v) is 23.1. The molecular weight excluding hydrogens is 563 g/mol.